The van der Waals surface area contributed by atoms with E-state index in [-0.39, 0.29) is 12.1 Å². The van der Waals surface area contributed by atoms with Crippen molar-refractivity contribution in [2.24, 2.45) is 5.73 Å². The van der Waals surface area contributed by atoms with E-state index in [1.165, 1.54) is 0 Å². The fourth-order valence-electron chi connectivity index (χ4n) is 1.29. The van der Waals surface area contributed by atoms with Crippen LogP contribution in [0.15, 0.2) is 12.1 Å². The smallest absolute Gasteiger partial charge is 0.161 e. The molecule has 0 saturated carbocycles. The molecule has 80 valence electrons. The predicted octanol–water partition coefficient (Wildman–Crippen LogP) is 0.833. The zero-order valence-electron chi connectivity index (χ0n) is 7.67. The van der Waals surface area contributed by atoms with Crippen molar-refractivity contribution >= 4 is 11.0 Å². The van der Waals surface area contributed by atoms with Gasteiger partial charge in [-0.05, 0) is 0 Å². The number of benzene rings is 1. The number of aromatic amines is 1. The molecule has 0 amide bonds. The summed E-state index contributed by atoms with van der Waals surface area (Å²) in [5, 5.41) is 8.79. The Morgan fingerprint density at radius 1 is 1.40 bits per heavy atom. The third-order valence-electron chi connectivity index (χ3n) is 2.09. The van der Waals surface area contributed by atoms with Crippen LogP contribution in [0.4, 0.5) is 8.78 Å². The zero-order chi connectivity index (χ0) is 11.0. The molecule has 1 atom stereocenters. The Kier molecular flexibility index (Phi) is 2.37. The summed E-state index contributed by atoms with van der Waals surface area (Å²) in [5.41, 5.74) is 6.14. The number of aliphatic hydroxyl groups is 1. The Morgan fingerprint density at radius 3 is 2.73 bits per heavy atom. The molecule has 2 aromatic rings. The quantitative estimate of drug-likeness (QED) is 0.691. The highest BCUT2D eigenvalue weighted by Crippen LogP contribution is 2.18. The van der Waals surface area contributed by atoms with E-state index in [0.717, 1.165) is 12.1 Å². The van der Waals surface area contributed by atoms with Gasteiger partial charge in [0.1, 0.15) is 5.82 Å². The SMILES string of the molecule is NC(CO)c1nc2cc(F)c(F)cc2[nH]1. The summed E-state index contributed by atoms with van der Waals surface area (Å²) >= 11 is 0. The molecule has 0 bridgehead atoms. The number of halogens is 2. The molecule has 1 unspecified atom stereocenters. The second-order valence-corrected chi connectivity index (χ2v) is 3.19. The van der Waals surface area contributed by atoms with Crippen LogP contribution >= 0.6 is 0 Å². The van der Waals surface area contributed by atoms with Gasteiger partial charge in [0.05, 0.1) is 23.7 Å². The van der Waals surface area contributed by atoms with Gasteiger partial charge in [-0.2, -0.15) is 0 Å². The Morgan fingerprint density at radius 2 is 2.07 bits per heavy atom. The lowest BCUT2D eigenvalue weighted by Crippen LogP contribution is -2.15. The van der Waals surface area contributed by atoms with Crippen LogP contribution in [0.1, 0.15) is 11.9 Å². The molecule has 0 aliphatic heterocycles. The number of fused-ring (bicyclic) bond motifs is 1. The first-order valence-electron chi connectivity index (χ1n) is 4.33. The van der Waals surface area contributed by atoms with E-state index in [0.29, 0.717) is 11.3 Å². The molecular formula is C9H9F2N3O. The van der Waals surface area contributed by atoms with Crippen LogP contribution in [0.3, 0.4) is 0 Å². The van der Waals surface area contributed by atoms with Crippen molar-refractivity contribution < 1.29 is 13.9 Å². The molecule has 4 nitrogen and oxygen atoms in total. The van der Waals surface area contributed by atoms with Gasteiger partial charge in [0.25, 0.3) is 0 Å². The molecule has 1 aromatic carbocycles. The van der Waals surface area contributed by atoms with Crippen molar-refractivity contribution in [3.8, 4) is 0 Å². The fraction of sp³-hybridized carbons (Fsp3) is 0.222. The van der Waals surface area contributed by atoms with Crippen LogP contribution in [-0.2, 0) is 0 Å². The van der Waals surface area contributed by atoms with Gasteiger partial charge in [-0.3, -0.25) is 0 Å². The lowest BCUT2D eigenvalue weighted by Gasteiger charge is -2.01. The minimum atomic E-state index is -0.960. The highest BCUT2D eigenvalue weighted by Gasteiger charge is 2.12. The number of nitrogens with two attached hydrogens (primary N) is 1. The lowest BCUT2D eigenvalue weighted by molar-refractivity contribution is 0.264. The highest BCUT2D eigenvalue weighted by atomic mass is 19.2. The summed E-state index contributed by atoms with van der Waals surface area (Å²) in [5.74, 6) is -1.61. The molecule has 0 aliphatic rings. The van der Waals surface area contributed by atoms with Gasteiger partial charge in [0.2, 0.25) is 0 Å². The zero-order valence-corrected chi connectivity index (χ0v) is 7.67. The third kappa shape index (κ3) is 1.69. The second-order valence-electron chi connectivity index (χ2n) is 3.19. The first kappa shape index (κ1) is 10.0. The maximum Gasteiger partial charge on any atom is 0.161 e. The van der Waals surface area contributed by atoms with Crippen molar-refractivity contribution in [3.05, 3.63) is 29.6 Å². The van der Waals surface area contributed by atoms with Gasteiger partial charge in [-0.15, -0.1) is 0 Å². The molecule has 0 spiro atoms. The average molecular weight is 213 g/mol. The Bertz CT molecular complexity index is 458. The van der Waals surface area contributed by atoms with Gasteiger partial charge in [-0.25, -0.2) is 13.8 Å². The molecule has 0 radical (unpaired) electrons. The molecule has 1 aromatic heterocycles. The molecular weight excluding hydrogens is 204 g/mol. The largest absolute Gasteiger partial charge is 0.394 e. The monoisotopic (exact) mass is 213 g/mol. The standard InChI is InChI=1S/C9H9F2N3O/c10-4-1-7-8(2-5(4)11)14-9(13-7)6(12)3-15/h1-2,6,15H,3,12H2,(H,13,14). The number of imidazole rings is 1. The van der Waals surface area contributed by atoms with E-state index < -0.39 is 17.7 Å². The maximum atomic E-state index is 12.8. The van der Waals surface area contributed by atoms with Crippen LogP contribution < -0.4 is 5.73 Å². The summed E-state index contributed by atoms with van der Waals surface area (Å²) in [6, 6.07) is 1.31. The van der Waals surface area contributed by atoms with E-state index in [2.05, 4.69) is 9.97 Å². The second kappa shape index (κ2) is 3.56. The molecule has 2 rings (SSSR count). The van der Waals surface area contributed by atoms with E-state index in [1.807, 2.05) is 0 Å². The fourth-order valence-corrected chi connectivity index (χ4v) is 1.29. The van der Waals surface area contributed by atoms with Crippen LogP contribution in [0, 0.1) is 11.6 Å². The summed E-state index contributed by atoms with van der Waals surface area (Å²) in [7, 11) is 0. The minimum Gasteiger partial charge on any atom is -0.394 e. The summed E-state index contributed by atoms with van der Waals surface area (Å²) in [4.78, 5) is 6.65. The van der Waals surface area contributed by atoms with E-state index in [1.54, 1.807) is 0 Å². The number of nitrogens with one attached hydrogen (secondary N) is 1. The molecule has 1 heterocycles. The van der Waals surface area contributed by atoms with Crippen molar-refractivity contribution in [2.45, 2.75) is 6.04 Å². The average Bonchev–Trinajstić information content (AvgIpc) is 2.60. The van der Waals surface area contributed by atoms with Crippen molar-refractivity contribution in [3.63, 3.8) is 0 Å². The van der Waals surface area contributed by atoms with Gasteiger partial charge >= 0.3 is 0 Å². The number of nitrogens with zero attached hydrogens (tertiary/aromatic N) is 1. The molecule has 15 heavy (non-hydrogen) atoms. The minimum absolute atomic E-state index is 0.285. The Hall–Kier alpha value is -1.53. The van der Waals surface area contributed by atoms with Gasteiger partial charge < -0.3 is 15.8 Å². The number of rotatable bonds is 2. The van der Waals surface area contributed by atoms with E-state index in [4.69, 9.17) is 10.8 Å². The van der Waals surface area contributed by atoms with Gasteiger partial charge in [0, 0.05) is 12.1 Å². The van der Waals surface area contributed by atoms with Crippen molar-refractivity contribution in [1.29, 1.82) is 0 Å². The van der Waals surface area contributed by atoms with Gasteiger partial charge in [-0.1, -0.05) is 0 Å². The highest BCUT2D eigenvalue weighted by molar-refractivity contribution is 5.75. The Labute approximate surface area is 83.7 Å². The maximum absolute atomic E-state index is 12.8. The molecule has 0 aliphatic carbocycles. The summed E-state index contributed by atoms with van der Waals surface area (Å²) in [6.07, 6.45) is 0. The number of hydrogen-bond donors (Lipinski definition) is 3. The molecule has 4 N–H and O–H groups in total. The van der Waals surface area contributed by atoms with Crippen molar-refractivity contribution in [2.75, 3.05) is 6.61 Å². The molecule has 0 saturated heterocycles. The first-order valence-corrected chi connectivity index (χ1v) is 4.33. The lowest BCUT2D eigenvalue weighted by atomic mass is 10.3. The number of aromatic nitrogens is 2. The van der Waals surface area contributed by atoms with Gasteiger partial charge in [0.15, 0.2) is 11.6 Å². The predicted molar refractivity (Wildman–Crippen MR) is 50.0 cm³/mol. The first-order chi connectivity index (χ1) is 7.11. The summed E-state index contributed by atoms with van der Waals surface area (Å²) in [6.45, 7) is -0.287. The number of H-pyrrole nitrogens is 1. The number of aliphatic hydroxyl groups excluding tert-OH is 1. The van der Waals surface area contributed by atoms with Crippen LogP contribution in [0.25, 0.3) is 11.0 Å². The normalized spacial score (nSPS) is 13.3. The molecule has 6 heteroatoms. The number of hydrogen-bond acceptors (Lipinski definition) is 3. The van der Waals surface area contributed by atoms with Crippen LogP contribution in [-0.4, -0.2) is 21.7 Å². The third-order valence-corrected chi connectivity index (χ3v) is 2.09. The van der Waals surface area contributed by atoms with E-state index >= 15 is 0 Å². The van der Waals surface area contributed by atoms with Crippen LogP contribution in [0.2, 0.25) is 0 Å². The van der Waals surface area contributed by atoms with Crippen molar-refractivity contribution in [1.82, 2.24) is 9.97 Å². The van der Waals surface area contributed by atoms with Crippen LogP contribution in [0.5, 0.6) is 0 Å². The van der Waals surface area contributed by atoms with E-state index in [9.17, 15) is 8.78 Å². The molecule has 0 fully saturated rings. The summed E-state index contributed by atoms with van der Waals surface area (Å²) < 4.78 is 25.7. The Balaban J connectivity index is 2.56. The topological polar surface area (TPSA) is 74.9 Å².